The number of nitrogens with zero attached hydrogens (tertiary/aromatic N) is 2. The molecule has 0 atom stereocenters. The number of benzene rings is 2. The largest absolute Gasteiger partial charge is 0.436 e. The molecule has 0 unspecified atom stereocenters. The van der Waals surface area contributed by atoms with Crippen molar-refractivity contribution >= 4 is 21.8 Å². The average molecular weight is 425 g/mol. The molecule has 1 aliphatic heterocycles. The molecule has 4 nitrogen and oxygen atoms in total. The van der Waals surface area contributed by atoms with Gasteiger partial charge in [0.05, 0.1) is 11.8 Å². The third-order valence-corrected chi connectivity index (χ3v) is 5.57. The van der Waals surface area contributed by atoms with Crippen LogP contribution in [0.1, 0.15) is 30.1 Å². The number of rotatable bonds is 3. The number of piperidine rings is 1. The summed E-state index contributed by atoms with van der Waals surface area (Å²) < 4.78 is 6.98. The Morgan fingerprint density at radius 1 is 1.15 bits per heavy atom. The minimum absolute atomic E-state index is 0.0553. The maximum atomic E-state index is 13.1. The number of oxazole rings is 1. The Labute approximate surface area is 167 Å². The van der Waals surface area contributed by atoms with Crippen LogP contribution in [0.5, 0.6) is 0 Å². The second-order valence-corrected chi connectivity index (χ2v) is 7.98. The minimum Gasteiger partial charge on any atom is -0.436 e. The number of carbonyl (C=O) groups is 1. The fraction of sp³-hybridized carbons (Fsp3) is 0.273. The van der Waals surface area contributed by atoms with E-state index in [0.717, 1.165) is 41.5 Å². The predicted octanol–water partition coefficient (Wildman–Crippen LogP) is 5.64. The summed E-state index contributed by atoms with van der Waals surface area (Å²) in [6.07, 6.45) is 3.82. The van der Waals surface area contributed by atoms with Crippen LogP contribution in [0.3, 0.4) is 0 Å². The molecule has 0 radical (unpaired) electrons. The first-order chi connectivity index (χ1) is 13.1. The molecule has 1 aliphatic rings. The van der Waals surface area contributed by atoms with Gasteiger partial charge < -0.3 is 9.32 Å². The van der Waals surface area contributed by atoms with Crippen LogP contribution in [0, 0.1) is 5.92 Å². The Bertz CT molecular complexity index is 958. The summed E-state index contributed by atoms with van der Waals surface area (Å²) in [6, 6.07) is 15.4. The lowest BCUT2D eigenvalue weighted by Crippen LogP contribution is -2.38. The number of carbonyl (C=O) groups excluding carboxylic acids is 1. The van der Waals surface area contributed by atoms with Crippen LogP contribution in [0.2, 0.25) is 0 Å². The molecule has 2 heterocycles. The van der Waals surface area contributed by atoms with E-state index in [0.29, 0.717) is 23.1 Å². The van der Waals surface area contributed by atoms with Gasteiger partial charge in [0, 0.05) is 28.7 Å². The second-order valence-electron chi connectivity index (χ2n) is 7.06. The zero-order valence-corrected chi connectivity index (χ0v) is 16.8. The van der Waals surface area contributed by atoms with E-state index in [1.807, 2.05) is 53.4 Å². The molecule has 1 amide bonds. The number of halogens is 1. The Morgan fingerprint density at radius 2 is 1.93 bits per heavy atom. The van der Waals surface area contributed by atoms with Crippen molar-refractivity contribution in [1.29, 1.82) is 0 Å². The average Bonchev–Trinajstić information content (AvgIpc) is 3.18. The van der Waals surface area contributed by atoms with Gasteiger partial charge in [-0.25, -0.2) is 4.98 Å². The molecular formula is C22H21BrN2O2. The highest BCUT2D eigenvalue weighted by Crippen LogP contribution is 2.30. The number of hydrogen-bond donors (Lipinski definition) is 0. The minimum atomic E-state index is 0.0553. The van der Waals surface area contributed by atoms with Gasteiger partial charge in [-0.1, -0.05) is 47.1 Å². The Morgan fingerprint density at radius 3 is 2.70 bits per heavy atom. The number of likely N-dealkylation sites (tertiary alicyclic amines) is 1. The Hall–Kier alpha value is -2.40. The van der Waals surface area contributed by atoms with Crippen LogP contribution in [0.25, 0.3) is 22.8 Å². The number of aromatic nitrogens is 1. The lowest BCUT2D eigenvalue weighted by Gasteiger charge is -2.30. The van der Waals surface area contributed by atoms with E-state index in [2.05, 4.69) is 27.8 Å². The van der Waals surface area contributed by atoms with Crippen molar-refractivity contribution in [1.82, 2.24) is 9.88 Å². The SMILES string of the molecule is CC1CCN(C(=O)c2ccccc2-c2ncc(-c3cccc(Br)c3)o2)CC1. The highest BCUT2D eigenvalue weighted by atomic mass is 79.9. The first-order valence-electron chi connectivity index (χ1n) is 9.22. The van der Waals surface area contributed by atoms with Crippen LogP contribution in [0.4, 0.5) is 0 Å². The highest BCUT2D eigenvalue weighted by molar-refractivity contribution is 9.10. The molecule has 2 aromatic carbocycles. The summed E-state index contributed by atoms with van der Waals surface area (Å²) in [5.74, 6) is 1.89. The number of hydrogen-bond acceptors (Lipinski definition) is 3. The highest BCUT2D eigenvalue weighted by Gasteiger charge is 2.24. The van der Waals surface area contributed by atoms with Gasteiger partial charge in [0.25, 0.3) is 5.91 Å². The van der Waals surface area contributed by atoms with Crippen molar-refractivity contribution in [3.05, 3.63) is 64.8 Å². The zero-order chi connectivity index (χ0) is 18.8. The monoisotopic (exact) mass is 424 g/mol. The molecule has 5 heteroatoms. The number of amides is 1. The summed E-state index contributed by atoms with van der Waals surface area (Å²) in [4.78, 5) is 19.5. The molecule has 3 aromatic rings. The smallest absolute Gasteiger partial charge is 0.254 e. The molecule has 1 saturated heterocycles. The first kappa shape index (κ1) is 18.0. The van der Waals surface area contributed by atoms with Crippen molar-refractivity contribution in [2.45, 2.75) is 19.8 Å². The van der Waals surface area contributed by atoms with Crippen molar-refractivity contribution < 1.29 is 9.21 Å². The van der Waals surface area contributed by atoms with Crippen molar-refractivity contribution in [2.24, 2.45) is 5.92 Å². The Balaban J connectivity index is 1.65. The molecule has 0 saturated carbocycles. The third-order valence-electron chi connectivity index (χ3n) is 5.07. The predicted molar refractivity (Wildman–Crippen MR) is 109 cm³/mol. The van der Waals surface area contributed by atoms with Crippen molar-refractivity contribution in [2.75, 3.05) is 13.1 Å². The van der Waals surface area contributed by atoms with Crippen LogP contribution < -0.4 is 0 Å². The maximum absolute atomic E-state index is 13.1. The molecule has 138 valence electrons. The fourth-order valence-electron chi connectivity index (χ4n) is 3.41. The first-order valence-corrected chi connectivity index (χ1v) is 10.0. The second kappa shape index (κ2) is 7.69. The van der Waals surface area contributed by atoms with E-state index in [1.165, 1.54) is 0 Å². The van der Waals surface area contributed by atoms with Crippen LogP contribution in [0.15, 0.2) is 63.6 Å². The van der Waals surface area contributed by atoms with Gasteiger partial charge in [-0.15, -0.1) is 0 Å². The standard InChI is InChI=1S/C22H21BrN2O2/c1-15-9-11-25(12-10-15)22(26)19-8-3-2-7-18(19)21-24-14-20(27-21)16-5-4-6-17(23)13-16/h2-8,13-15H,9-12H2,1H3. The van der Waals surface area contributed by atoms with E-state index in [1.54, 1.807) is 6.20 Å². The lowest BCUT2D eigenvalue weighted by atomic mass is 9.98. The van der Waals surface area contributed by atoms with E-state index >= 15 is 0 Å². The summed E-state index contributed by atoms with van der Waals surface area (Å²) >= 11 is 3.48. The van der Waals surface area contributed by atoms with Gasteiger partial charge in [-0.05, 0) is 43.0 Å². The molecule has 4 rings (SSSR count). The van der Waals surface area contributed by atoms with Gasteiger partial charge in [-0.3, -0.25) is 4.79 Å². The molecular weight excluding hydrogens is 404 g/mol. The molecule has 0 bridgehead atoms. The third kappa shape index (κ3) is 3.83. The summed E-state index contributed by atoms with van der Waals surface area (Å²) in [7, 11) is 0. The summed E-state index contributed by atoms with van der Waals surface area (Å²) in [5.41, 5.74) is 2.33. The van der Waals surface area contributed by atoms with Gasteiger partial charge in [0.2, 0.25) is 5.89 Å². The molecule has 0 N–H and O–H groups in total. The molecule has 0 spiro atoms. The molecule has 1 aromatic heterocycles. The van der Waals surface area contributed by atoms with Crippen LogP contribution in [-0.4, -0.2) is 28.9 Å². The van der Waals surface area contributed by atoms with E-state index in [9.17, 15) is 4.79 Å². The summed E-state index contributed by atoms with van der Waals surface area (Å²) in [6.45, 7) is 3.86. The van der Waals surface area contributed by atoms with Gasteiger partial charge >= 0.3 is 0 Å². The van der Waals surface area contributed by atoms with Crippen LogP contribution >= 0.6 is 15.9 Å². The fourth-order valence-corrected chi connectivity index (χ4v) is 3.81. The maximum Gasteiger partial charge on any atom is 0.254 e. The van der Waals surface area contributed by atoms with E-state index in [4.69, 9.17) is 4.42 Å². The van der Waals surface area contributed by atoms with Gasteiger partial charge in [-0.2, -0.15) is 0 Å². The zero-order valence-electron chi connectivity index (χ0n) is 15.2. The Kier molecular flexibility index (Phi) is 5.12. The van der Waals surface area contributed by atoms with Crippen LogP contribution in [-0.2, 0) is 0 Å². The molecule has 1 fully saturated rings. The van der Waals surface area contributed by atoms with E-state index in [-0.39, 0.29) is 5.91 Å². The topological polar surface area (TPSA) is 46.3 Å². The van der Waals surface area contributed by atoms with Crippen molar-refractivity contribution in [3.63, 3.8) is 0 Å². The van der Waals surface area contributed by atoms with Gasteiger partial charge in [0.1, 0.15) is 0 Å². The normalized spacial score (nSPS) is 15.1. The van der Waals surface area contributed by atoms with Crippen molar-refractivity contribution in [3.8, 4) is 22.8 Å². The van der Waals surface area contributed by atoms with Gasteiger partial charge in [0.15, 0.2) is 5.76 Å². The molecule has 27 heavy (non-hydrogen) atoms. The summed E-state index contributed by atoms with van der Waals surface area (Å²) in [5, 5.41) is 0. The quantitative estimate of drug-likeness (QED) is 0.545. The lowest BCUT2D eigenvalue weighted by molar-refractivity contribution is 0.0698. The molecule has 0 aliphatic carbocycles. The van der Waals surface area contributed by atoms with E-state index < -0.39 is 0 Å².